The van der Waals surface area contributed by atoms with E-state index in [2.05, 4.69) is 0 Å². The third-order valence-electron chi connectivity index (χ3n) is 7.88. The van der Waals surface area contributed by atoms with Gasteiger partial charge in [0.2, 0.25) is 6.29 Å². The van der Waals surface area contributed by atoms with Gasteiger partial charge in [-0.3, -0.25) is 4.79 Å². The fraction of sp³-hybridized carbons (Fsp3) is 0.467. The van der Waals surface area contributed by atoms with Gasteiger partial charge in [-0.1, -0.05) is 64.1 Å². The van der Waals surface area contributed by atoms with Gasteiger partial charge in [-0.25, -0.2) is 14.4 Å². The first kappa shape index (κ1) is 30.2. The summed E-state index contributed by atoms with van der Waals surface area (Å²) < 4.78 is 34.3. The Bertz CT molecular complexity index is 1200. The molecule has 0 aliphatic carbocycles. The maximum atomic E-state index is 12.7. The standard InChI is InChI=1S/C30H34O11/c1-16-18(3)28(39-24(25(32)33)22(16)37-26(34)20-11-7-5-8-12-20)40-29-19(4)17(2)23(30(41-29)36-15-31)38-27(35)21-13-9-6-10-14-21/h5-19,22-24,28-30H,1-4H3,(H,32,33)/t16-,17+,18?,19?,22+,23-,24?,28+,29+,30?/m0/s1. The maximum Gasteiger partial charge on any atom is 0.338 e. The molecule has 0 radical (unpaired) electrons. The number of esters is 2. The zero-order valence-electron chi connectivity index (χ0n) is 23.2. The predicted octanol–water partition coefficient (Wildman–Crippen LogP) is 3.66. The van der Waals surface area contributed by atoms with Gasteiger partial charge in [0.1, 0.15) is 6.10 Å². The lowest BCUT2D eigenvalue weighted by atomic mass is 9.84. The van der Waals surface area contributed by atoms with Gasteiger partial charge < -0.3 is 33.5 Å². The summed E-state index contributed by atoms with van der Waals surface area (Å²) in [6.07, 6.45) is -6.84. The summed E-state index contributed by atoms with van der Waals surface area (Å²) in [6.45, 7) is 7.36. The van der Waals surface area contributed by atoms with Crippen LogP contribution in [0.15, 0.2) is 60.7 Å². The van der Waals surface area contributed by atoms with E-state index in [-0.39, 0.29) is 12.0 Å². The fourth-order valence-electron chi connectivity index (χ4n) is 4.97. The predicted molar refractivity (Wildman–Crippen MR) is 141 cm³/mol. The zero-order valence-corrected chi connectivity index (χ0v) is 23.2. The molecule has 1 N–H and O–H groups in total. The number of carboxylic acids is 1. The van der Waals surface area contributed by atoms with Crippen LogP contribution in [0.4, 0.5) is 0 Å². The first-order valence-corrected chi connectivity index (χ1v) is 13.4. The Morgan fingerprint density at radius 2 is 1.15 bits per heavy atom. The quantitative estimate of drug-likeness (QED) is 0.268. The summed E-state index contributed by atoms with van der Waals surface area (Å²) in [7, 11) is 0. The lowest BCUT2D eigenvalue weighted by molar-refractivity contribution is -0.368. The highest BCUT2D eigenvalue weighted by Gasteiger charge is 2.51. The van der Waals surface area contributed by atoms with Crippen molar-refractivity contribution >= 4 is 24.4 Å². The van der Waals surface area contributed by atoms with Gasteiger partial charge in [0, 0.05) is 23.7 Å². The van der Waals surface area contributed by atoms with E-state index in [9.17, 15) is 24.3 Å². The lowest BCUT2D eigenvalue weighted by Crippen LogP contribution is -2.58. The van der Waals surface area contributed by atoms with Crippen molar-refractivity contribution in [2.24, 2.45) is 23.7 Å². The molecule has 2 aliphatic heterocycles. The highest BCUT2D eigenvalue weighted by Crippen LogP contribution is 2.39. The summed E-state index contributed by atoms with van der Waals surface area (Å²) in [4.78, 5) is 48.9. The molecule has 2 saturated heterocycles. The molecule has 0 bridgehead atoms. The Hall–Kier alpha value is -3.80. The first-order valence-electron chi connectivity index (χ1n) is 13.4. The Morgan fingerprint density at radius 3 is 1.63 bits per heavy atom. The molecule has 11 heteroatoms. The molecule has 2 aromatic rings. The second-order valence-corrected chi connectivity index (χ2v) is 10.4. The van der Waals surface area contributed by atoms with Crippen LogP contribution in [0, 0.1) is 23.7 Å². The number of carbonyl (C=O) groups is 4. The minimum atomic E-state index is -1.50. The summed E-state index contributed by atoms with van der Waals surface area (Å²) >= 11 is 0. The topological polar surface area (TPSA) is 144 Å². The van der Waals surface area contributed by atoms with Gasteiger partial charge in [-0.15, -0.1) is 0 Å². The van der Waals surface area contributed by atoms with Crippen molar-refractivity contribution in [3.8, 4) is 0 Å². The molecule has 10 atom stereocenters. The number of hydrogen-bond acceptors (Lipinski definition) is 10. The second-order valence-electron chi connectivity index (χ2n) is 10.4. The molecule has 4 unspecified atom stereocenters. The van der Waals surface area contributed by atoms with E-state index in [1.807, 2.05) is 6.92 Å². The van der Waals surface area contributed by atoms with Crippen molar-refractivity contribution in [2.75, 3.05) is 0 Å². The van der Waals surface area contributed by atoms with Crippen LogP contribution in [0.2, 0.25) is 0 Å². The molecule has 0 spiro atoms. The van der Waals surface area contributed by atoms with Gasteiger partial charge in [0.25, 0.3) is 6.47 Å². The normalized spacial score (nSPS) is 33.3. The largest absolute Gasteiger partial charge is 0.479 e. The van der Waals surface area contributed by atoms with Crippen molar-refractivity contribution in [3.05, 3.63) is 71.8 Å². The number of carboxylic acid groups (broad SMARTS) is 1. The average molecular weight is 571 g/mol. The molecule has 2 aromatic carbocycles. The van der Waals surface area contributed by atoms with Crippen molar-refractivity contribution in [1.82, 2.24) is 0 Å². The molecule has 41 heavy (non-hydrogen) atoms. The van der Waals surface area contributed by atoms with Gasteiger partial charge in [0.15, 0.2) is 24.8 Å². The molecular weight excluding hydrogens is 536 g/mol. The van der Waals surface area contributed by atoms with Crippen LogP contribution in [0.3, 0.4) is 0 Å². The van der Waals surface area contributed by atoms with Crippen LogP contribution in [-0.2, 0) is 38.0 Å². The monoisotopic (exact) mass is 570 g/mol. The molecule has 11 nitrogen and oxygen atoms in total. The van der Waals surface area contributed by atoms with Crippen molar-refractivity contribution < 1.29 is 52.7 Å². The number of benzene rings is 2. The van der Waals surface area contributed by atoms with Gasteiger partial charge in [0.05, 0.1) is 11.1 Å². The molecule has 0 aromatic heterocycles. The van der Waals surface area contributed by atoms with E-state index in [4.69, 9.17) is 28.4 Å². The molecule has 2 fully saturated rings. The van der Waals surface area contributed by atoms with Crippen LogP contribution < -0.4 is 0 Å². The van der Waals surface area contributed by atoms with Crippen LogP contribution in [0.5, 0.6) is 0 Å². The molecule has 0 saturated carbocycles. The van der Waals surface area contributed by atoms with Gasteiger partial charge in [-0.2, -0.15) is 0 Å². The third-order valence-corrected chi connectivity index (χ3v) is 7.88. The average Bonchev–Trinajstić information content (AvgIpc) is 2.98. The van der Waals surface area contributed by atoms with Crippen LogP contribution >= 0.6 is 0 Å². The Morgan fingerprint density at radius 1 is 0.683 bits per heavy atom. The summed E-state index contributed by atoms with van der Waals surface area (Å²) in [5.41, 5.74) is 0.619. The number of aliphatic carboxylic acids is 1. The van der Waals surface area contributed by atoms with Crippen LogP contribution in [0.1, 0.15) is 48.4 Å². The van der Waals surface area contributed by atoms with Gasteiger partial charge in [-0.05, 0) is 24.3 Å². The molecular formula is C30H34O11. The highest BCUT2D eigenvalue weighted by molar-refractivity contribution is 5.90. The molecule has 4 rings (SSSR count). The smallest absolute Gasteiger partial charge is 0.338 e. The SMILES string of the molecule is CC1[C@H](O[C@H]2OC(C(=O)O)[C@H](OC(=O)c3ccccc3)[C@@H](C)C2C)OC(OC=O)[C@@H](OC(=O)c2ccccc2)[C@@H]1C. The molecule has 220 valence electrons. The third kappa shape index (κ3) is 6.75. The lowest BCUT2D eigenvalue weighted by Gasteiger charge is -2.47. The van der Waals surface area contributed by atoms with E-state index in [0.717, 1.165) is 0 Å². The summed E-state index contributed by atoms with van der Waals surface area (Å²) in [5.74, 6) is -4.26. The Labute approximate surface area is 237 Å². The van der Waals surface area contributed by atoms with Crippen molar-refractivity contribution in [3.63, 3.8) is 0 Å². The van der Waals surface area contributed by atoms with E-state index < -0.39 is 78.8 Å². The summed E-state index contributed by atoms with van der Waals surface area (Å²) in [5, 5.41) is 9.93. The number of rotatable bonds is 9. The van der Waals surface area contributed by atoms with E-state index in [1.54, 1.807) is 81.4 Å². The van der Waals surface area contributed by atoms with Gasteiger partial charge >= 0.3 is 17.9 Å². The van der Waals surface area contributed by atoms with Crippen molar-refractivity contribution in [2.45, 2.75) is 64.9 Å². The molecule has 2 heterocycles. The molecule has 0 amide bonds. The van der Waals surface area contributed by atoms with E-state index in [1.165, 1.54) is 0 Å². The van der Waals surface area contributed by atoms with Crippen molar-refractivity contribution in [1.29, 1.82) is 0 Å². The summed E-state index contributed by atoms with van der Waals surface area (Å²) in [6, 6.07) is 16.6. The number of ether oxygens (including phenoxy) is 6. The van der Waals surface area contributed by atoms with Crippen LogP contribution in [-0.4, -0.2) is 66.7 Å². The minimum Gasteiger partial charge on any atom is -0.479 e. The maximum absolute atomic E-state index is 12.7. The van der Waals surface area contributed by atoms with Crippen LogP contribution in [0.25, 0.3) is 0 Å². The second kappa shape index (κ2) is 13.2. The number of hydrogen-bond donors (Lipinski definition) is 1. The van der Waals surface area contributed by atoms with E-state index in [0.29, 0.717) is 5.56 Å². The zero-order chi connectivity index (χ0) is 29.7. The Balaban J connectivity index is 1.47. The number of carbonyl (C=O) groups excluding carboxylic acids is 3. The van der Waals surface area contributed by atoms with E-state index >= 15 is 0 Å². The minimum absolute atomic E-state index is 0.196. The highest BCUT2D eigenvalue weighted by atomic mass is 16.8. The first-order chi connectivity index (χ1) is 19.6. The Kier molecular flexibility index (Phi) is 9.74. The molecule has 2 aliphatic rings. The fourth-order valence-corrected chi connectivity index (χ4v) is 4.97.